The first kappa shape index (κ1) is 8.81. The molecule has 0 aliphatic heterocycles. The van der Waals surface area contributed by atoms with E-state index in [4.69, 9.17) is 0 Å². The average Bonchev–Trinajstić information content (AvgIpc) is 1.64. The normalized spacial score (nSPS) is 15.7. The third-order valence-corrected chi connectivity index (χ3v) is 1.07. The first-order valence-corrected chi connectivity index (χ1v) is 2.67. The Bertz CT molecular complexity index is 82.4. The van der Waals surface area contributed by atoms with Gasteiger partial charge in [-0.2, -0.15) is 0 Å². The van der Waals surface area contributed by atoms with Crippen molar-refractivity contribution in [3.63, 3.8) is 0 Å². The van der Waals surface area contributed by atoms with Crippen LogP contribution in [0.25, 0.3) is 0 Å². The molecule has 1 nitrogen and oxygen atoms in total. The van der Waals surface area contributed by atoms with E-state index < -0.39 is 12.8 Å². The fourth-order valence-corrected chi connectivity index (χ4v) is 0.372. The Balaban J connectivity index is 3.59. The van der Waals surface area contributed by atoms with Gasteiger partial charge in [-0.25, -0.2) is 0 Å². The first-order valence-electron chi connectivity index (χ1n) is 2.67. The average molecular weight is 141 g/mol. The van der Waals surface area contributed by atoms with Gasteiger partial charge < -0.3 is 17.7 Å². The summed E-state index contributed by atoms with van der Waals surface area (Å²) in [7, 11) is 1.26. The van der Waals surface area contributed by atoms with E-state index in [1.54, 1.807) is 0 Å². The van der Waals surface area contributed by atoms with Crippen LogP contribution in [0.1, 0.15) is 6.92 Å². The fraction of sp³-hybridized carbons (Fsp3) is 1.00. The topological polar surface area (TPSA) is 9.23 Å². The molecule has 0 aromatic rings. The lowest BCUT2D eigenvalue weighted by Gasteiger charge is -2.21. The van der Waals surface area contributed by atoms with E-state index in [1.165, 1.54) is 7.11 Å². The molecule has 0 aliphatic rings. The van der Waals surface area contributed by atoms with Crippen molar-refractivity contribution in [2.24, 2.45) is 0 Å². The lowest BCUT2D eigenvalue weighted by atomic mass is 9.75. The second-order valence-electron chi connectivity index (χ2n) is 2.06. The molecule has 1 unspecified atom stereocenters. The van der Waals surface area contributed by atoms with Crippen LogP contribution in [0, 0.1) is 0 Å². The molecule has 0 saturated carbocycles. The number of methoxy groups -OCH3 is 1. The van der Waals surface area contributed by atoms with E-state index in [9.17, 15) is 12.9 Å². The van der Waals surface area contributed by atoms with Crippen LogP contribution in [-0.2, 0) is 4.74 Å². The zero-order valence-electron chi connectivity index (χ0n) is 5.40. The zero-order valence-corrected chi connectivity index (χ0v) is 5.40. The van der Waals surface area contributed by atoms with Crippen molar-refractivity contribution in [3.8, 4) is 0 Å². The van der Waals surface area contributed by atoms with Gasteiger partial charge in [0.2, 0.25) is 0 Å². The second-order valence-corrected chi connectivity index (χ2v) is 2.06. The van der Waals surface area contributed by atoms with Crippen molar-refractivity contribution in [1.29, 1.82) is 0 Å². The summed E-state index contributed by atoms with van der Waals surface area (Å²) in [4.78, 5) is 0. The van der Waals surface area contributed by atoms with Crippen LogP contribution in [0.4, 0.5) is 12.9 Å². The zero-order chi connectivity index (χ0) is 7.49. The maximum atomic E-state index is 11.6. The first-order chi connectivity index (χ1) is 3.98. The van der Waals surface area contributed by atoms with E-state index in [0.717, 1.165) is 6.92 Å². The minimum absolute atomic E-state index is 0.233. The molecule has 0 aliphatic carbocycles. The molecular weight excluding hydrogens is 132 g/mol. The van der Waals surface area contributed by atoms with Crippen LogP contribution < -0.4 is 0 Å². The molecule has 0 bridgehead atoms. The molecule has 0 saturated heterocycles. The van der Waals surface area contributed by atoms with Gasteiger partial charge in [-0.05, 0) is 0 Å². The molecule has 0 fully saturated rings. The molecule has 5 heteroatoms. The summed E-state index contributed by atoms with van der Waals surface area (Å²) in [6, 6.07) is 0. The third kappa shape index (κ3) is 3.40. The van der Waals surface area contributed by atoms with Gasteiger partial charge in [0, 0.05) is 13.7 Å². The van der Waals surface area contributed by atoms with E-state index in [1.807, 2.05) is 0 Å². The molecule has 0 rings (SSSR count). The summed E-state index contributed by atoms with van der Waals surface area (Å²) in [6.07, 6.45) is 0. The quantitative estimate of drug-likeness (QED) is 0.545. The van der Waals surface area contributed by atoms with E-state index in [2.05, 4.69) is 4.74 Å². The second kappa shape index (κ2) is 3.10. The van der Waals surface area contributed by atoms with Crippen molar-refractivity contribution < 1.29 is 17.7 Å². The predicted molar refractivity (Wildman–Crippen MR) is 30.4 cm³/mol. The highest BCUT2D eigenvalue weighted by Gasteiger charge is 2.30. The van der Waals surface area contributed by atoms with Gasteiger partial charge >= 0.3 is 6.98 Å². The minimum Gasteiger partial charge on any atom is -0.449 e. The van der Waals surface area contributed by atoms with Crippen molar-refractivity contribution in [3.05, 3.63) is 0 Å². The molecule has 0 radical (unpaired) electrons. The molecule has 1 atom stereocenters. The SMILES string of the molecule is COCC(C)[B-](F)(F)F. The van der Waals surface area contributed by atoms with Crippen molar-refractivity contribution in [2.45, 2.75) is 12.7 Å². The van der Waals surface area contributed by atoms with Crippen LogP contribution in [0.5, 0.6) is 0 Å². The Labute approximate surface area is 52.3 Å². The van der Waals surface area contributed by atoms with Crippen LogP contribution >= 0.6 is 0 Å². The number of ether oxygens (including phenoxy) is 1. The van der Waals surface area contributed by atoms with Gasteiger partial charge in [-0.15, -0.1) is 0 Å². The fourth-order valence-electron chi connectivity index (χ4n) is 0.372. The molecule has 0 amide bonds. The molecule has 9 heavy (non-hydrogen) atoms. The highest BCUT2D eigenvalue weighted by molar-refractivity contribution is 6.60. The Kier molecular flexibility index (Phi) is 3.04. The van der Waals surface area contributed by atoms with Gasteiger partial charge in [-0.1, -0.05) is 12.7 Å². The van der Waals surface area contributed by atoms with Crippen molar-refractivity contribution in [1.82, 2.24) is 0 Å². The lowest BCUT2D eigenvalue weighted by Crippen LogP contribution is -2.24. The summed E-state index contributed by atoms with van der Waals surface area (Å²) in [5, 5.41) is 0. The molecule has 0 aromatic heterocycles. The summed E-state index contributed by atoms with van der Waals surface area (Å²) in [5.74, 6) is -1.30. The summed E-state index contributed by atoms with van der Waals surface area (Å²) in [6.45, 7) is -3.81. The van der Waals surface area contributed by atoms with Gasteiger partial charge in [0.05, 0.1) is 0 Å². The Hall–Kier alpha value is -0.185. The van der Waals surface area contributed by atoms with Crippen LogP contribution in [0.2, 0.25) is 5.82 Å². The van der Waals surface area contributed by atoms with E-state index in [0.29, 0.717) is 0 Å². The summed E-state index contributed by atoms with van der Waals surface area (Å²) in [5.41, 5.74) is 0. The van der Waals surface area contributed by atoms with Crippen LogP contribution in [-0.4, -0.2) is 20.7 Å². The van der Waals surface area contributed by atoms with E-state index in [-0.39, 0.29) is 6.61 Å². The predicted octanol–water partition coefficient (Wildman–Crippen LogP) is 1.87. The van der Waals surface area contributed by atoms with Gasteiger partial charge in [-0.3, -0.25) is 0 Å². The van der Waals surface area contributed by atoms with E-state index >= 15 is 0 Å². The maximum Gasteiger partial charge on any atom is 0.483 e. The smallest absolute Gasteiger partial charge is 0.449 e. The van der Waals surface area contributed by atoms with Gasteiger partial charge in [0.1, 0.15) is 0 Å². The number of hydrogen-bond donors (Lipinski definition) is 0. The standard InChI is InChI=1S/C4H9BF3O/c1-4(3-9-2)5(6,7)8/h4H,3H2,1-2H3/q-1. The molecule has 56 valence electrons. The monoisotopic (exact) mass is 141 g/mol. The molecule has 0 spiro atoms. The van der Waals surface area contributed by atoms with Crippen LogP contribution in [0.3, 0.4) is 0 Å². The minimum atomic E-state index is -4.70. The lowest BCUT2D eigenvalue weighted by molar-refractivity contribution is 0.186. The molecule has 0 aromatic carbocycles. The van der Waals surface area contributed by atoms with Gasteiger partial charge in [0.25, 0.3) is 0 Å². The highest BCUT2D eigenvalue weighted by atomic mass is 19.4. The summed E-state index contributed by atoms with van der Waals surface area (Å²) < 4.78 is 39.2. The Morgan fingerprint density at radius 3 is 2.00 bits per heavy atom. The summed E-state index contributed by atoms with van der Waals surface area (Å²) >= 11 is 0. The maximum absolute atomic E-state index is 11.6. The largest absolute Gasteiger partial charge is 0.483 e. The third-order valence-electron chi connectivity index (χ3n) is 1.07. The highest BCUT2D eigenvalue weighted by Crippen LogP contribution is 2.24. The Morgan fingerprint density at radius 2 is 1.89 bits per heavy atom. The van der Waals surface area contributed by atoms with Crippen molar-refractivity contribution >= 4 is 6.98 Å². The van der Waals surface area contributed by atoms with Gasteiger partial charge in [0.15, 0.2) is 0 Å². The molecular formula is C4H9BF3O-. The number of hydrogen-bond acceptors (Lipinski definition) is 1. The van der Waals surface area contributed by atoms with Crippen LogP contribution in [0.15, 0.2) is 0 Å². The molecule has 0 N–H and O–H groups in total. The van der Waals surface area contributed by atoms with Crippen molar-refractivity contribution in [2.75, 3.05) is 13.7 Å². The number of halogens is 3. The number of rotatable bonds is 3. The molecule has 0 heterocycles. The Morgan fingerprint density at radius 1 is 1.44 bits per heavy atom.